The monoisotopic (exact) mass is 384 g/mol. The molecule has 0 aliphatic carbocycles. The normalized spacial score (nSPS) is 24.0. The molecular formula is C22H25ClN2O2. The number of ether oxygens (including phenoxy) is 1. The molecule has 1 spiro atoms. The molecule has 4 rings (SSSR count). The number of benzene rings is 2. The van der Waals surface area contributed by atoms with Crippen molar-refractivity contribution < 1.29 is 9.53 Å². The molecule has 2 aliphatic heterocycles. The summed E-state index contributed by atoms with van der Waals surface area (Å²) in [4.78, 5) is 14.9. The molecule has 0 aromatic heterocycles. The summed E-state index contributed by atoms with van der Waals surface area (Å²) < 4.78 is 5.73. The van der Waals surface area contributed by atoms with E-state index >= 15 is 0 Å². The molecule has 2 heterocycles. The first-order chi connectivity index (χ1) is 12.8. The molecule has 1 amide bonds. The van der Waals surface area contributed by atoms with E-state index in [0.29, 0.717) is 6.54 Å². The molecule has 2 aromatic rings. The molecule has 2 aromatic carbocycles. The van der Waals surface area contributed by atoms with Crippen LogP contribution in [0.15, 0.2) is 48.5 Å². The minimum Gasteiger partial charge on any atom is -0.444 e. The zero-order valence-corrected chi connectivity index (χ0v) is 16.7. The molecule has 0 bridgehead atoms. The van der Waals surface area contributed by atoms with Gasteiger partial charge in [0, 0.05) is 29.2 Å². The van der Waals surface area contributed by atoms with Crippen molar-refractivity contribution in [2.24, 2.45) is 0 Å². The van der Waals surface area contributed by atoms with Crippen molar-refractivity contribution in [3.8, 4) is 0 Å². The van der Waals surface area contributed by atoms with E-state index in [4.69, 9.17) is 16.3 Å². The van der Waals surface area contributed by atoms with Crippen LogP contribution in [0.25, 0.3) is 0 Å². The van der Waals surface area contributed by atoms with Gasteiger partial charge in [-0.3, -0.25) is 0 Å². The second-order valence-corrected chi connectivity index (χ2v) is 8.87. The number of nitrogens with zero attached hydrogens (tertiary/aromatic N) is 1. The van der Waals surface area contributed by atoms with Gasteiger partial charge in [0.15, 0.2) is 0 Å². The van der Waals surface area contributed by atoms with Crippen LogP contribution in [0.1, 0.15) is 44.4 Å². The highest BCUT2D eigenvalue weighted by molar-refractivity contribution is 6.30. The van der Waals surface area contributed by atoms with E-state index in [1.54, 1.807) is 0 Å². The smallest absolute Gasteiger partial charge is 0.410 e. The fraction of sp³-hybridized carbons (Fsp3) is 0.409. The van der Waals surface area contributed by atoms with E-state index in [1.165, 1.54) is 5.56 Å². The Morgan fingerprint density at radius 2 is 1.96 bits per heavy atom. The van der Waals surface area contributed by atoms with Crippen LogP contribution in [0.2, 0.25) is 5.02 Å². The second-order valence-electron chi connectivity index (χ2n) is 8.44. The highest BCUT2D eigenvalue weighted by Gasteiger charge is 2.54. The standard InChI is InChI=1S/C22H25ClN2O2/c1-21(2,3)27-20(26)25-12-11-22(19(25)15-7-5-4-6-8-15)14-24-18-10-9-16(23)13-17(18)22/h4-10,13,19,24H,11-12,14H2,1-3H3. The fourth-order valence-electron chi connectivity index (χ4n) is 4.43. The predicted octanol–water partition coefficient (Wildman–Crippen LogP) is 5.39. The van der Waals surface area contributed by atoms with Crippen molar-refractivity contribution in [1.29, 1.82) is 0 Å². The number of likely N-dealkylation sites (tertiary alicyclic amines) is 1. The zero-order valence-electron chi connectivity index (χ0n) is 16.0. The molecule has 27 heavy (non-hydrogen) atoms. The van der Waals surface area contributed by atoms with Gasteiger partial charge in [-0.25, -0.2) is 4.79 Å². The molecule has 142 valence electrons. The van der Waals surface area contributed by atoms with Crippen molar-refractivity contribution in [3.63, 3.8) is 0 Å². The summed E-state index contributed by atoms with van der Waals surface area (Å²) in [7, 11) is 0. The highest BCUT2D eigenvalue weighted by Crippen LogP contribution is 2.54. The third-order valence-electron chi connectivity index (χ3n) is 5.49. The Hall–Kier alpha value is -2.20. The van der Waals surface area contributed by atoms with Gasteiger partial charge in [-0.1, -0.05) is 41.9 Å². The Morgan fingerprint density at radius 1 is 1.22 bits per heavy atom. The number of rotatable bonds is 1. The molecule has 2 unspecified atom stereocenters. The number of halogens is 1. The van der Waals surface area contributed by atoms with Crippen LogP contribution < -0.4 is 5.32 Å². The quantitative estimate of drug-likeness (QED) is 0.717. The van der Waals surface area contributed by atoms with Crippen LogP contribution in [-0.2, 0) is 10.2 Å². The Morgan fingerprint density at radius 3 is 2.67 bits per heavy atom. The Balaban J connectivity index is 1.80. The van der Waals surface area contributed by atoms with Gasteiger partial charge in [0.1, 0.15) is 5.60 Å². The summed E-state index contributed by atoms with van der Waals surface area (Å²) in [5.41, 5.74) is 2.68. The van der Waals surface area contributed by atoms with Crippen LogP contribution >= 0.6 is 11.6 Å². The average Bonchev–Trinajstić information content (AvgIpc) is 3.17. The number of fused-ring (bicyclic) bond motifs is 2. The van der Waals surface area contributed by atoms with Crippen molar-refractivity contribution in [2.45, 2.75) is 44.2 Å². The lowest BCUT2D eigenvalue weighted by Gasteiger charge is -2.36. The maximum atomic E-state index is 13.0. The second kappa shape index (κ2) is 6.45. The molecule has 2 aliphatic rings. The summed E-state index contributed by atoms with van der Waals surface area (Å²) in [6.07, 6.45) is 0.607. The number of amides is 1. The molecular weight excluding hydrogens is 360 g/mol. The Bertz CT molecular complexity index is 862. The van der Waals surface area contributed by atoms with Crippen LogP contribution in [0.5, 0.6) is 0 Å². The SMILES string of the molecule is CC(C)(C)OC(=O)N1CCC2(CNc3ccc(Cl)cc32)C1c1ccccc1. The number of anilines is 1. The number of nitrogens with one attached hydrogen (secondary N) is 1. The van der Waals surface area contributed by atoms with E-state index in [1.807, 2.05) is 62.1 Å². The minimum absolute atomic E-state index is 0.0965. The minimum atomic E-state index is -0.525. The lowest BCUT2D eigenvalue weighted by molar-refractivity contribution is 0.0197. The van der Waals surface area contributed by atoms with Gasteiger partial charge < -0.3 is 15.0 Å². The number of carbonyl (C=O) groups is 1. The Labute approximate surface area is 165 Å². The van der Waals surface area contributed by atoms with Gasteiger partial charge in [-0.2, -0.15) is 0 Å². The molecule has 2 atom stereocenters. The average molecular weight is 385 g/mol. The first-order valence-corrected chi connectivity index (χ1v) is 9.76. The van der Waals surface area contributed by atoms with Crippen molar-refractivity contribution in [3.05, 3.63) is 64.7 Å². The maximum absolute atomic E-state index is 13.0. The molecule has 1 saturated heterocycles. The zero-order chi connectivity index (χ0) is 19.2. The lowest BCUT2D eigenvalue weighted by atomic mass is 9.73. The number of carbonyl (C=O) groups excluding carboxylic acids is 1. The van der Waals surface area contributed by atoms with Crippen molar-refractivity contribution in [2.75, 3.05) is 18.4 Å². The van der Waals surface area contributed by atoms with Gasteiger partial charge in [0.2, 0.25) is 0 Å². The van der Waals surface area contributed by atoms with Crippen LogP contribution in [0, 0.1) is 0 Å². The highest BCUT2D eigenvalue weighted by atomic mass is 35.5. The first kappa shape index (κ1) is 18.2. The number of hydrogen-bond acceptors (Lipinski definition) is 3. The van der Waals surface area contributed by atoms with E-state index in [-0.39, 0.29) is 17.6 Å². The molecule has 0 saturated carbocycles. The van der Waals surface area contributed by atoms with Gasteiger partial charge in [-0.05, 0) is 56.5 Å². The third kappa shape index (κ3) is 3.16. The molecule has 0 radical (unpaired) electrons. The van der Waals surface area contributed by atoms with Crippen LogP contribution in [0.4, 0.5) is 10.5 Å². The van der Waals surface area contributed by atoms with Gasteiger partial charge in [0.05, 0.1) is 6.04 Å². The fourth-order valence-corrected chi connectivity index (χ4v) is 4.61. The summed E-state index contributed by atoms with van der Waals surface area (Å²) in [6.45, 7) is 7.14. The van der Waals surface area contributed by atoms with Gasteiger partial charge in [0.25, 0.3) is 0 Å². The summed E-state index contributed by atoms with van der Waals surface area (Å²) >= 11 is 6.33. The topological polar surface area (TPSA) is 41.6 Å². The van der Waals surface area contributed by atoms with E-state index in [9.17, 15) is 4.79 Å². The van der Waals surface area contributed by atoms with Crippen molar-refractivity contribution >= 4 is 23.4 Å². The largest absolute Gasteiger partial charge is 0.444 e. The van der Waals surface area contributed by atoms with Gasteiger partial charge >= 0.3 is 6.09 Å². The van der Waals surface area contributed by atoms with Gasteiger partial charge in [-0.15, -0.1) is 0 Å². The third-order valence-corrected chi connectivity index (χ3v) is 5.72. The molecule has 4 nitrogen and oxygen atoms in total. The van der Waals surface area contributed by atoms with E-state index in [2.05, 4.69) is 17.4 Å². The first-order valence-electron chi connectivity index (χ1n) is 9.39. The predicted molar refractivity (Wildman–Crippen MR) is 108 cm³/mol. The molecule has 5 heteroatoms. The summed E-state index contributed by atoms with van der Waals surface area (Å²) in [6, 6.07) is 16.1. The molecule has 1 fully saturated rings. The van der Waals surface area contributed by atoms with Crippen molar-refractivity contribution in [1.82, 2.24) is 4.90 Å². The summed E-state index contributed by atoms with van der Waals surface area (Å²) in [5, 5.41) is 4.25. The Kier molecular flexibility index (Phi) is 4.34. The van der Waals surface area contributed by atoms with Crippen LogP contribution in [0.3, 0.4) is 0 Å². The van der Waals surface area contributed by atoms with E-state index in [0.717, 1.165) is 29.2 Å². The van der Waals surface area contributed by atoms with Crippen LogP contribution in [-0.4, -0.2) is 29.7 Å². The number of hydrogen-bond donors (Lipinski definition) is 1. The molecule has 1 N–H and O–H groups in total. The lowest BCUT2D eigenvalue weighted by Crippen LogP contribution is -2.41. The van der Waals surface area contributed by atoms with E-state index < -0.39 is 5.60 Å². The maximum Gasteiger partial charge on any atom is 0.410 e. The summed E-state index contributed by atoms with van der Waals surface area (Å²) in [5.74, 6) is 0.